The smallest absolute Gasteiger partial charge is 0.261 e. The SMILES string of the molecule is Cc1cc(C(=O)NCc2nc3ccccc3[nH]2)sc1Br. The van der Waals surface area contributed by atoms with E-state index in [0.717, 1.165) is 26.2 Å². The monoisotopic (exact) mass is 349 g/mol. The zero-order chi connectivity index (χ0) is 14.1. The van der Waals surface area contributed by atoms with Crippen molar-refractivity contribution in [3.05, 3.63) is 50.4 Å². The predicted octanol–water partition coefficient (Wildman–Crippen LogP) is 3.63. The molecule has 102 valence electrons. The third-order valence-electron chi connectivity index (χ3n) is 2.94. The van der Waals surface area contributed by atoms with Crippen molar-refractivity contribution < 1.29 is 4.79 Å². The molecular weight excluding hydrogens is 338 g/mol. The van der Waals surface area contributed by atoms with Crippen LogP contribution in [0, 0.1) is 6.92 Å². The predicted molar refractivity (Wildman–Crippen MR) is 84.0 cm³/mol. The number of aryl methyl sites for hydroxylation is 1. The van der Waals surface area contributed by atoms with E-state index < -0.39 is 0 Å². The number of aromatic amines is 1. The van der Waals surface area contributed by atoms with Gasteiger partial charge in [-0.15, -0.1) is 11.3 Å². The van der Waals surface area contributed by atoms with Gasteiger partial charge in [-0.3, -0.25) is 4.79 Å². The number of hydrogen-bond donors (Lipinski definition) is 2. The Labute approximate surface area is 128 Å². The molecule has 0 atom stereocenters. The number of H-pyrrole nitrogens is 1. The van der Waals surface area contributed by atoms with E-state index in [1.807, 2.05) is 37.3 Å². The molecule has 0 radical (unpaired) electrons. The maximum atomic E-state index is 12.0. The second-order valence-electron chi connectivity index (χ2n) is 4.45. The van der Waals surface area contributed by atoms with E-state index in [1.54, 1.807) is 0 Å². The van der Waals surface area contributed by atoms with Crippen molar-refractivity contribution in [3.63, 3.8) is 0 Å². The highest BCUT2D eigenvalue weighted by Crippen LogP contribution is 2.27. The number of hydrogen-bond acceptors (Lipinski definition) is 3. The molecule has 0 unspecified atom stereocenters. The van der Waals surface area contributed by atoms with Gasteiger partial charge in [0.15, 0.2) is 0 Å². The Morgan fingerprint density at radius 1 is 1.45 bits per heavy atom. The van der Waals surface area contributed by atoms with Gasteiger partial charge in [0.25, 0.3) is 5.91 Å². The number of nitrogens with one attached hydrogen (secondary N) is 2. The Balaban J connectivity index is 1.71. The average molecular weight is 350 g/mol. The van der Waals surface area contributed by atoms with Crippen LogP contribution in [0.25, 0.3) is 11.0 Å². The number of carbonyl (C=O) groups excluding carboxylic acids is 1. The molecule has 2 heterocycles. The standard InChI is InChI=1S/C14H12BrN3OS/c1-8-6-11(20-13(8)15)14(19)16-7-12-17-9-4-2-3-5-10(9)18-12/h2-6H,7H2,1H3,(H,16,19)(H,17,18). The molecule has 0 aliphatic carbocycles. The van der Waals surface area contributed by atoms with Gasteiger partial charge < -0.3 is 10.3 Å². The number of para-hydroxylation sites is 2. The molecule has 0 spiro atoms. The topological polar surface area (TPSA) is 57.8 Å². The number of rotatable bonds is 3. The first-order valence-electron chi connectivity index (χ1n) is 6.11. The fourth-order valence-electron chi connectivity index (χ4n) is 1.91. The number of fused-ring (bicyclic) bond motifs is 1. The molecule has 4 nitrogen and oxygen atoms in total. The summed E-state index contributed by atoms with van der Waals surface area (Å²) in [5.74, 6) is 0.677. The van der Waals surface area contributed by atoms with E-state index in [4.69, 9.17) is 0 Å². The summed E-state index contributed by atoms with van der Waals surface area (Å²) in [6, 6.07) is 9.68. The van der Waals surface area contributed by atoms with E-state index in [-0.39, 0.29) is 5.91 Å². The molecule has 0 aliphatic heterocycles. The lowest BCUT2D eigenvalue weighted by Gasteiger charge is -2.00. The van der Waals surface area contributed by atoms with Gasteiger partial charge in [-0.1, -0.05) is 12.1 Å². The molecule has 0 saturated heterocycles. The second-order valence-corrected chi connectivity index (χ2v) is 6.82. The maximum Gasteiger partial charge on any atom is 0.261 e. The van der Waals surface area contributed by atoms with Gasteiger partial charge in [0.2, 0.25) is 0 Å². The third kappa shape index (κ3) is 2.62. The first-order chi connectivity index (χ1) is 9.63. The highest BCUT2D eigenvalue weighted by atomic mass is 79.9. The maximum absolute atomic E-state index is 12.0. The van der Waals surface area contributed by atoms with Crippen molar-refractivity contribution in [1.29, 1.82) is 0 Å². The van der Waals surface area contributed by atoms with Crippen LogP contribution in [0.1, 0.15) is 21.1 Å². The van der Waals surface area contributed by atoms with Crippen LogP contribution in [-0.4, -0.2) is 15.9 Å². The van der Waals surface area contributed by atoms with Crippen LogP contribution in [0.5, 0.6) is 0 Å². The van der Waals surface area contributed by atoms with Gasteiger partial charge in [0, 0.05) is 0 Å². The van der Waals surface area contributed by atoms with Crippen molar-refractivity contribution in [1.82, 2.24) is 15.3 Å². The minimum Gasteiger partial charge on any atom is -0.344 e. The summed E-state index contributed by atoms with van der Waals surface area (Å²) in [4.78, 5) is 20.3. The fraction of sp³-hybridized carbons (Fsp3) is 0.143. The first-order valence-corrected chi connectivity index (χ1v) is 7.72. The molecule has 6 heteroatoms. The third-order valence-corrected chi connectivity index (χ3v) is 5.07. The van der Waals surface area contributed by atoms with Crippen molar-refractivity contribution >= 4 is 44.2 Å². The van der Waals surface area contributed by atoms with Gasteiger partial charge >= 0.3 is 0 Å². The molecule has 0 aliphatic rings. The first kappa shape index (κ1) is 13.3. The van der Waals surface area contributed by atoms with Crippen molar-refractivity contribution in [2.45, 2.75) is 13.5 Å². The van der Waals surface area contributed by atoms with Gasteiger partial charge in [-0.2, -0.15) is 0 Å². The summed E-state index contributed by atoms with van der Waals surface area (Å²) in [5.41, 5.74) is 2.96. The number of imidazole rings is 1. The Morgan fingerprint density at radius 3 is 2.95 bits per heavy atom. The number of halogens is 1. The molecule has 3 rings (SSSR count). The minimum atomic E-state index is -0.0794. The molecule has 1 aromatic carbocycles. The van der Waals surface area contributed by atoms with Gasteiger partial charge in [0.1, 0.15) is 5.82 Å². The van der Waals surface area contributed by atoms with Crippen LogP contribution in [0.4, 0.5) is 0 Å². The van der Waals surface area contributed by atoms with E-state index in [0.29, 0.717) is 11.4 Å². The van der Waals surface area contributed by atoms with Crippen molar-refractivity contribution in [2.75, 3.05) is 0 Å². The molecule has 3 aromatic rings. The minimum absolute atomic E-state index is 0.0794. The fourth-order valence-corrected chi connectivity index (χ4v) is 3.36. The zero-order valence-electron chi connectivity index (χ0n) is 10.7. The Morgan fingerprint density at radius 2 is 2.25 bits per heavy atom. The van der Waals surface area contributed by atoms with Crippen LogP contribution >= 0.6 is 27.3 Å². The summed E-state index contributed by atoms with van der Waals surface area (Å²) in [6.45, 7) is 2.36. The molecule has 1 amide bonds. The number of amides is 1. The number of benzene rings is 1. The second kappa shape index (κ2) is 5.38. The quantitative estimate of drug-likeness (QED) is 0.758. The van der Waals surface area contributed by atoms with Gasteiger partial charge in [0.05, 0.1) is 26.2 Å². The van der Waals surface area contributed by atoms with Gasteiger partial charge in [-0.05, 0) is 46.6 Å². The van der Waals surface area contributed by atoms with Crippen molar-refractivity contribution in [2.24, 2.45) is 0 Å². The molecule has 2 N–H and O–H groups in total. The van der Waals surface area contributed by atoms with Crippen LogP contribution in [0.15, 0.2) is 34.1 Å². The highest BCUT2D eigenvalue weighted by molar-refractivity contribution is 9.11. The highest BCUT2D eigenvalue weighted by Gasteiger charge is 2.11. The van der Waals surface area contributed by atoms with Crippen LogP contribution in [0.2, 0.25) is 0 Å². The number of thiophene rings is 1. The molecule has 2 aromatic heterocycles. The lowest BCUT2D eigenvalue weighted by Crippen LogP contribution is -2.22. The van der Waals surface area contributed by atoms with Crippen LogP contribution in [-0.2, 0) is 6.54 Å². The largest absolute Gasteiger partial charge is 0.344 e. The normalized spacial score (nSPS) is 10.9. The zero-order valence-corrected chi connectivity index (χ0v) is 13.1. The van der Waals surface area contributed by atoms with E-state index >= 15 is 0 Å². The van der Waals surface area contributed by atoms with E-state index in [9.17, 15) is 4.79 Å². The molecule has 20 heavy (non-hydrogen) atoms. The summed E-state index contributed by atoms with van der Waals surface area (Å²) in [7, 11) is 0. The van der Waals surface area contributed by atoms with Gasteiger partial charge in [-0.25, -0.2) is 4.98 Å². The molecule has 0 bridgehead atoms. The van der Waals surface area contributed by atoms with Crippen LogP contribution in [0.3, 0.4) is 0 Å². The lowest BCUT2D eigenvalue weighted by molar-refractivity contribution is 0.0954. The van der Waals surface area contributed by atoms with E-state index in [1.165, 1.54) is 11.3 Å². The summed E-state index contributed by atoms with van der Waals surface area (Å²) < 4.78 is 0.992. The molecule has 0 saturated carbocycles. The Hall–Kier alpha value is -1.66. The number of carbonyl (C=O) groups is 1. The summed E-state index contributed by atoms with van der Waals surface area (Å²) in [6.07, 6.45) is 0. The lowest BCUT2D eigenvalue weighted by atomic mass is 10.3. The van der Waals surface area contributed by atoms with E-state index in [2.05, 4.69) is 31.2 Å². The number of aromatic nitrogens is 2. The summed E-state index contributed by atoms with van der Waals surface area (Å²) >= 11 is 4.86. The Kier molecular flexibility index (Phi) is 3.58. The summed E-state index contributed by atoms with van der Waals surface area (Å²) in [5, 5.41) is 2.87. The van der Waals surface area contributed by atoms with Crippen LogP contribution < -0.4 is 5.32 Å². The molecular formula is C14H12BrN3OS. The average Bonchev–Trinajstić information content (AvgIpc) is 3.00. The number of nitrogens with zero attached hydrogens (tertiary/aromatic N) is 1. The molecule has 0 fully saturated rings. The van der Waals surface area contributed by atoms with Crippen molar-refractivity contribution in [3.8, 4) is 0 Å². The Bertz CT molecular complexity index is 725.